The van der Waals surface area contributed by atoms with Gasteiger partial charge in [0.2, 0.25) is 0 Å². The highest BCUT2D eigenvalue weighted by atomic mass is 32.2. The van der Waals surface area contributed by atoms with E-state index in [1.165, 1.54) is 0 Å². The normalized spacial score (nSPS) is 20.6. The summed E-state index contributed by atoms with van der Waals surface area (Å²) in [5.74, 6) is -2.39. The summed E-state index contributed by atoms with van der Waals surface area (Å²) in [6.07, 6.45) is 0.911. The molecule has 0 aliphatic heterocycles. The average molecular weight is 290 g/mol. The minimum absolute atomic E-state index is 0.352. The van der Waals surface area contributed by atoms with Gasteiger partial charge in [-0.2, -0.15) is 21.6 Å². The summed E-state index contributed by atoms with van der Waals surface area (Å²) < 4.78 is 61.8. The fourth-order valence-corrected chi connectivity index (χ4v) is 2.57. The topological polar surface area (TPSA) is 80.7 Å². The van der Waals surface area contributed by atoms with Gasteiger partial charge in [0.1, 0.15) is 0 Å². The standard InChI is InChI=1S/C9H13F3O5S/c10-9(11,12)18(15,16)17-7(8(13)14)6-4-2-1-3-5-6/h6-7H,1-5H2,(H,13,14). The highest BCUT2D eigenvalue weighted by Gasteiger charge is 2.50. The SMILES string of the molecule is O=C(O)C(OS(=O)(=O)C(F)(F)F)C1CCCCC1. The van der Waals surface area contributed by atoms with Crippen molar-refractivity contribution < 1.29 is 35.7 Å². The van der Waals surface area contributed by atoms with Gasteiger partial charge >= 0.3 is 21.6 Å². The monoisotopic (exact) mass is 290 g/mol. The zero-order valence-electron chi connectivity index (χ0n) is 9.31. The Morgan fingerprint density at radius 3 is 2.11 bits per heavy atom. The Morgan fingerprint density at radius 2 is 1.72 bits per heavy atom. The summed E-state index contributed by atoms with van der Waals surface area (Å²) in [7, 11) is -5.87. The molecule has 18 heavy (non-hydrogen) atoms. The summed E-state index contributed by atoms with van der Waals surface area (Å²) in [5, 5.41) is 8.80. The number of hydrogen-bond donors (Lipinski definition) is 1. The number of carboxylic acids is 1. The number of hydrogen-bond acceptors (Lipinski definition) is 4. The van der Waals surface area contributed by atoms with Crippen molar-refractivity contribution >= 4 is 16.1 Å². The third-order valence-corrected chi connectivity index (χ3v) is 3.86. The van der Waals surface area contributed by atoms with E-state index in [1.54, 1.807) is 0 Å². The molecule has 1 aliphatic carbocycles. The smallest absolute Gasteiger partial charge is 0.479 e. The van der Waals surface area contributed by atoms with Gasteiger partial charge < -0.3 is 5.11 Å². The van der Waals surface area contributed by atoms with Gasteiger partial charge in [0.05, 0.1) is 0 Å². The average Bonchev–Trinajstić information content (AvgIpc) is 2.25. The van der Waals surface area contributed by atoms with Gasteiger partial charge in [-0.05, 0) is 18.8 Å². The molecule has 0 heterocycles. The van der Waals surface area contributed by atoms with Crippen LogP contribution in [0.25, 0.3) is 0 Å². The maximum atomic E-state index is 12.1. The van der Waals surface area contributed by atoms with Gasteiger partial charge in [-0.15, -0.1) is 0 Å². The first-order chi connectivity index (χ1) is 8.15. The van der Waals surface area contributed by atoms with Crippen LogP contribution in [0.15, 0.2) is 0 Å². The van der Waals surface area contributed by atoms with Crippen LogP contribution in [0.5, 0.6) is 0 Å². The van der Waals surface area contributed by atoms with Gasteiger partial charge in [0.25, 0.3) is 0 Å². The molecule has 0 bridgehead atoms. The van der Waals surface area contributed by atoms with Crippen LogP contribution >= 0.6 is 0 Å². The Kier molecular flexibility index (Phi) is 4.60. The van der Waals surface area contributed by atoms with Crippen LogP contribution in [-0.2, 0) is 19.1 Å². The molecule has 1 atom stereocenters. The molecule has 106 valence electrons. The summed E-state index contributed by atoms with van der Waals surface area (Å²) in [5.41, 5.74) is -5.60. The van der Waals surface area contributed by atoms with Gasteiger partial charge in [0, 0.05) is 0 Å². The molecule has 0 saturated heterocycles. The Morgan fingerprint density at radius 1 is 1.22 bits per heavy atom. The molecule has 1 rings (SSSR count). The van der Waals surface area contributed by atoms with Crippen LogP contribution in [0.2, 0.25) is 0 Å². The predicted molar refractivity (Wildman–Crippen MR) is 54.1 cm³/mol. The quantitative estimate of drug-likeness (QED) is 0.631. The van der Waals surface area contributed by atoms with Crippen LogP contribution in [0.1, 0.15) is 32.1 Å². The molecule has 1 unspecified atom stereocenters. The highest BCUT2D eigenvalue weighted by molar-refractivity contribution is 7.87. The first-order valence-electron chi connectivity index (χ1n) is 5.37. The molecule has 0 spiro atoms. The molecule has 0 radical (unpaired) electrons. The van der Waals surface area contributed by atoms with Crippen molar-refractivity contribution in [3.63, 3.8) is 0 Å². The summed E-state index contributed by atoms with van der Waals surface area (Å²) >= 11 is 0. The molecule has 5 nitrogen and oxygen atoms in total. The third kappa shape index (κ3) is 3.58. The molecular formula is C9H13F3O5S. The Balaban J connectivity index is 2.84. The number of carboxylic acid groups (broad SMARTS) is 1. The minimum Gasteiger partial charge on any atom is -0.479 e. The van der Waals surface area contributed by atoms with Crippen molar-refractivity contribution in [3.05, 3.63) is 0 Å². The zero-order valence-corrected chi connectivity index (χ0v) is 10.1. The molecule has 1 saturated carbocycles. The number of aliphatic carboxylic acids is 1. The van der Waals surface area contributed by atoms with E-state index in [4.69, 9.17) is 5.11 Å². The van der Waals surface area contributed by atoms with Gasteiger partial charge in [-0.3, -0.25) is 0 Å². The first-order valence-corrected chi connectivity index (χ1v) is 6.78. The van der Waals surface area contributed by atoms with E-state index in [1.807, 2.05) is 0 Å². The van der Waals surface area contributed by atoms with Gasteiger partial charge in [-0.1, -0.05) is 19.3 Å². The van der Waals surface area contributed by atoms with Crippen molar-refractivity contribution in [2.24, 2.45) is 5.92 Å². The number of carbonyl (C=O) groups is 1. The van der Waals surface area contributed by atoms with Crippen molar-refractivity contribution in [3.8, 4) is 0 Å². The number of rotatable bonds is 4. The van der Waals surface area contributed by atoms with Crippen LogP contribution in [0, 0.1) is 5.92 Å². The minimum atomic E-state index is -5.87. The zero-order chi connectivity index (χ0) is 14.0. The van der Waals surface area contributed by atoms with E-state index in [0.717, 1.165) is 6.42 Å². The fourth-order valence-electron chi connectivity index (χ4n) is 1.95. The Labute approximate surface area is 102 Å². The Hall–Kier alpha value is -0.830. The van der Waals surface area contributed by atoms with Crippen LogP contribution in [0.3, 0.4) is 0 Å². The molecule has 1 aliphatic rings. The molecule has 1 N–H and O–H groups in total. The highest BCUT2D eigenvalue weighted by Crippen LogP contribution is 2.32. The lowest BCUT2D eigenvalue weighted by Gasteiger charge is -2.26. The lowest BCUT2D eigenvalue weighted by atomic mass is 9.85. The van der Waals surface area contributed by atoms with Gasteiger partial charge in [-0.25, -0.2) is 8.98 Å². The largest absolute Gasteiger partial charge is 0.523 e. The second kappa shape index (κ2) is 5.43. The first kappa shape index (κ1) is 15.2. The fraction of sp³-hybridized carbons (Fsp3) is 0.889. The lowest BCUT2D eigenvalue weighted by molar-refractivity contribution is -0.149. The molecule has 0 aromatic rings. The van der Waals surface area contributed by atoms with Crippen LogP contribution < -0.4 is 0 Å². The molecule has 9 heteroatoms. The van der Waals surface area contributed by atoms with Crippen molar-refractivity contribution in [2.45, 2.75) is 43.7 Å². The molecule has 0 aromatic carbocycles. The van der Waals surface area contributed by atoms with E-state index in [9.17, 15) is 26.4 Å². The second-order valence-corrected chi connectivity index (χ2v) is 5.72. The maximum Gasteiger partial charge on any atom is 0.523 e. The van der Waals surface area contributed by atoms with Crippen LogP contribution in [0.4, 0.5) is 13.2 Å². The van der Waals surface area contributed by atoms with Crippen molar-refractivity contribution in [1.29, 1.82) is 0 Å². The van der Waals surface area contributed by atoms with E-state index in [0.29, 0.717) is 25.7 Å². The van der Waals surface area contributed by atoms with E-state index < -0.39 is 33.6 Å². The predicted octanol–water partition coefficient (Wildman–Crippen LogP) is 1.89. The van der Waals surface area contributed by atoms with Crippen molar-refractivity contribution in [1.82, 2.24) is 0 Å². The van der Waals surface area contributed by atoms with Crippen molar-refractivity contribution in [2.75, 3.05) is 0 Å². The summed E-state index contributed by atoms with van der Waals surface area (Å²) in [6, 6.07) is 0. The molecule has 0 amide bonds. The molecule has 0 aromatic heterocycles. The second-order valence-electron chi connectivity index (χ2n) is 4.15. The maximum absolute atomic E-state index is 12.1. The number of alkyl halides is 3. The Bertz CT molecular complexity index is 397. The summed E-state index contributed by atoms with van der Waals surface area (Å²) in [6.45, 7) is 0. The number of halogens is 3. The lowest BCUT2D eigenvalue weighted by Crippen LogP contribution is -2.39. The molecular weight excluding hydrogens is 277 g/mol. The van der Waals surface area contributed by atoms with Gasteiger partial charge in [0.15, 0.2) is 6.10 Å². The third-order valence-electron chi connectivity index (χ3n) is 2.84. The van der Waals surface area contributed by atoms with Crippen LogP contribution in [-0.4, -0.2) is 31.1 Å². The van der Waals surface area contributed by atoms with E-state index in [2.05, 4.69) is 4.18 Å². The molecule has 1 fully saturated rings. The van der Waals surface area contributed by atoms with E-state index >= 15 is 0 Å². The summed E-state index contributed by atoms with van der Waals surface area (Å²) in [4.78, 5) is 10.8. The van der Waals surface area contributed by atoms with E-state index in [-0.39, 0.29) is 0 Å².